The van der Waals surface area contributed by atoms with Crippen LogP contribution in [-0.4, -0.2) is 43.0 Å². The number of aliphatic hydroxyl groups is 1. The average molecular weight is 265 g/mol. The molecule has 0 aromatic heterocycles. The Morgan fingerprint density at radius 2 is 1.88 bits per heavy atom. The lowest BCUT2D eigenvalue weighted by Crippen LogP contribution is -2.45. The maximum atomic E-state index is 11.7. The molecule has 0 unspecified atom stereocenters. The number of aliphatic carboxylic acids is 1. The molecule has 0 aromatic rings. The van der Waals surface area contributed by atoms with Crippen molar-refractivity contribution in [2.45, 2.75) is 38.1 Å². The zero-order chi connectivity index (χ0) is 12.9. The molecule has 0 aliphatic heterocycles. The number of rotatable bonds is 6. The molecule has 0 aromatic carbocycles. The first-order chi connectivity index (χ1) is 7.94. The first-order valence-electron chi connectivity index (χ1n) is 5.78. The highest BCUT2D eigenvalue weighted by molar-refractivity contribution is 7.89. The average Bonchev–Trinajstić information content (AvgIpc) is 2.26. The molecule has 6 nitrogen and oxygen atoms in total. The van der Waals surface area contributed by atoms with Crippen LogP contribution in [0.15, 0.2) is 0 Å². The van der Waals surface area contributed by atoms with Crippen LogP contribution in [-0.2, 0) is 14.8 Å². The Morgan fingerprint density at radius 3 is 2.35 bits per heavy atom. The summed E-state index contributed by atoms with van der Waals surface area (Å²) >= 11 is 0. The molecule has 1 atom stereocenters. The predicted molar refractivity (Wildman–Crippen MR) is 62.0 cm³/mol. The van der Waals surface area contributed by atoms with Crippen LogP contribution in [0.4, 0.5) is 0 Å². The van der Waals surface area contributed by atoms with Gasteiger partial charge in [-0.15, -0.1) is 0 Å². The van der Waals surface area contributed by atoms with Crippen molar-refractivity contribution in [1.29, 1.82) is 0 Å². The Hall–Kier alpha value is -0.660. The molecule has 0 saturated heterocycles. The van der Waals surface area contributed by atoms with Crippen molar-refractivity contribution in [2.24, 2.45) is 5.92 Å². The first kappa shape index (κ1) is 14.4. The van der Waals surface area contributed by atoms with Gasteiger partial charge in [-0.05, 0) is 18.8 Å². The van der Waals surface area contributed by atoms with Gasteiger partial charge in [0.05, 0.1) is 12.4 Å². The van der Waals surface area contributed by atoms with E-state index in [1.165, 1.54) is 0 Å². The van der Waals surface area contributed by atoms with Gasteiger partial charge < -0.3 is 10.2 Å². The van der Waals surface area contributed by atoms with E-state index in [0.717, 1.165) is 32.1 Å². The minimum Gasteiger partial charge on any atom is -0.480 e. The summed E-state index contributed by atoms with van der Waals surface area (Å²) in [7, 11) is -3.63. The van der Waals surface area contributed by atoms with Gasteiger partial charge in [0.25, 0.3) is 0 Å². The molecule has 1 saturated carbocycles. The van der Waals surface area contributed by atoms with Crippen LogP contribution >= 0.6 is 0 Å². The summed E-state index contributed by atoms with van der Waals surface area (Å²) in [5.41, 5.74) is 0. The Morgan fingerprint density at radius 1 is 1.29 bits per heavy atom. The minimum absolute atomic E-state index is 0.0449. The molecule has 17 heavy (non-hydrogen) atoms. The largest absolute Gasteiger partial charge is 0.480 e. The third kappa shape index (κ3) is 5.01. The van der Waals surface area contributed by atoms with E-state index in [9.17, 15) is 13.2 Å². The molecule has 100 valence electrons. The fourth-order valence-corrected chi connectivity index (χ4v) is 3.75. The molecule has 0 radical (unpaired) electrons. The molecule has 1 rings (SSSR count). The van der Waals surface area contributed by atoms with Crippen molar-refractivity contribution in [1.82, 2.24) is 4.72 Å². The van der Waals surface area contributed by atoms with Crippen LogP contribution in [0.25, 0.3) is 0 Å². The van der Waals surface area contributed by atoms with Crippen LogP contribution in [0.3, 0.4) is 0 Å². The van der Waals surface area contributed by atoms with Gasteiger partial charge in [-0.25, -0.2) is 8.42 Å². The smallest absolute Gasteiger partial charge is 0.324 e. The summed E-state index contributed by atoms with van der Waals surface area (Å²) < 4.78 is 25.4. The van der Waals surface area contributed by atoms with Gasteiger partial charge in [-0.3, -0.25) is 4.79 Å². The number of carboxylic acid groups (broad SMARTS) is 1. The zero-order valence-corrected chi connectivity index (χ0v) is 10.4. The van der Waals surface area contributed by atoms with Crippen molar-refractivity contribution in [3.8, 4) is 0 Å². The molecule has 1 aliphatic rings. The van der Waals surface area contributed by atoms with Gasteiger partial charge in [0, 0.05) is 0 Å². The molecule has 1 fully saturated rings. The topological polar surface area (TPSA) is 104 Å². The second-order valence-electron chi connectivity index (χ2n) is 4.48. The van der Waals surface area contributed by atoms with E-state index >= 15 is 0 Å². The van der Waals surface area contributed by atoms with E-state index in [-0.39, 0.29) is 11.7 Å². The van der Waals surface area contributed by atoms with E-state index < -0.39 is 28.6 Å². The second-order valence-corrected chi connectivity index (χ2v) is 6.28. The first-order valence-corrected chi connectivity index (χ1v) is 7.43. The number of sulfonamides is 1. The Balaban J connectivity index is 2.52. The van der Waals surface area contributed by atoms with Crippen LogP contribution in [0.1, 0.15) is 32.1 Å². The third-order valence-electron chi connectivity index (χ3n) is 2.98. The highest BCUT2D eigenvalue weighted by atomic mass is 32.2. The number of nitrogens with one attached hydrogen (secondary N) is 1. The fourth-order valence-electron chi connectivity index (χ4n) is 2.09. The van der Waals surface area contributed by atoms with Gasteiger partial charge in [-0.2, -0.15) is 4.72 Å². The Kier molecular flexibility index (Phi) is 5.35. The summed E-state index contributed by atoms with van der Waals surface area (Å²) in [5, 5.41) is 17.4. The number of aliphatic hydroxyl groups excluding tert-OH is 1. The maximum absolute atomic E-state index is 11.7. The summed E-state index contributed by atoms with van der Waals surface area (Å²) in [6.45, 7) is -0.737. The molecule has 0 heterocycles. The zero-order valence-electron chi connectivity index (χ0n) is 9.63. The molecular formula is C10H19NO5S. The minimum atomic E-state index is -3.63. The van der Waals surface area contributed by atoms with Gasteiger partial charge in [-0.1, -0.05) is 19.3 Å². The van der Waals surface area contributed by atoms with Gasteiger partial charge >= 0.3 is 5.97 Å². The van der Waals surface area contributed by atoms with Crippen molar-refractivity contribution in [2.75, 3.05) is 12.4 Å². The summed E-state index contributed by atoms with van der Waals surface area (Å²) in [5.74, 6) is -1.30. The summed E-state index contributed by atoms with van der Waals surface area (Å²) in [6.07, 6.45) is 4.94. The van der Waals surface area contributed by atoms with Crippen LogP contribution < -0.4 is 4.72 Å². The van der Waals surface area contributed by atoms with Crippen LogP contribution in [0, 0.1) is 5.92 Å². The van der Waals surface area contributed by atoms with Crippen molar-refractivity contribution < 1.29 is 23.4 Å². The van der Waals surface area contributed by atoms with E-state index in [1.807, 2.05) is 4.72 Å². The van der Waals surface area contributed by atoms with Crippen LogP contribution in [0.5, 0.6) is 0 Å². The summed E-state index contributed by atoms with van der Waals surface area (Å²) in [6, 6.07) is -1.44. The highest BCUT2D eigenvalue weighted by Crippen LogP contribution is 2.24. The number of carbonyl (C=O) groups is 1. The molecule has 0 spiro atoms. The quantitative estimate of drug-likeness (QED) is 0.624. The van der Waals surface area contributed by atoms with Crippen LogP contribution in [0.2, 0.25) is 0 Å². The lowest BCUT2D eigenvalue weighted by Gasteiger charge is -2.22. The normalized spacial score (nSPS) is 20.1. The van der Waals surface area contributed by atoms with E-state index in [4.69, 9.17) is 10.2 Å². The number of hydrogen-bond acceptors (Lipinski definition) is 4. The molecule has 0 bridgehead atoms. The molecule has 1 aliphatic carbocycles. The van der Waals surface area contributed by atoms with Gasteiger partial charge in [0.1, 0.15) is 6.04 Å². The monoisotopic (exact) mass is 265 g/mol. The van der Waals surface area contributed by atoms with E-state index in [1.54, 1.807) is 0 Å². The molecular weight excluding hydrogens is 246 g/mol. The maximum Gasteiger partial charge on any atom is 0.324 e. The van der Waals surface area contributed by atoms with Gasteiger partial charge in [0.15, 0.2) is 0 Å². The Labute approximate surface area is 101 Å². The van der Waals surface area contributed by atoms with E-state index in [2.05, 4.69) is 0 Å². The summed E-state index contributed by atoms with van der Waals surface area (Å²) in [4.78, 5) is 10.6. The van der Waals surface area contributed by atoms with Crippen molar-refractivity contribution in [3.05, 3.63) is 0 Å². The van der Waals surface area contributed by atoms with E-state index in [0.29, 0.717) is 0 Å². The van der Waals surface area contributed by atoms with Crippen molar-refractivity contribution >= 4 is 16.0 Å². The fraction of sp³-hybridized carbons (Fsp3) is 0.900. The lowest BCUT2D eigenvalue weighted by atomic mass is 9.91. The molecule has 0 amide bonds. The predicted octanol–water partition coefficient (Wildman–Crippen LogP) is -0.0684. The van der Waals surface area contributed by atoms with Crippen molar-refractivity contribution in [3.63, 3.8) is 0 Å². The SMILES string of the molecule is O=C(O)[C@H](CO)NS(=O)(=O)CC1CCCCC1. The molecule has 3 N–H and O–H groups in total. The lowest BCUT2D eigenvalue weighted by molar-refractivity contribution is -0.139. The highest BCUT2D eigenvalue weighted by Gasteiger charge is 2.26. The molecule has 7 heteroatoms. The van der Waals surface area contributed by atoms with Gasteiger partial charge in [0.2, 0.25) is 10.0 Å². The number of carboxylic acids is 1. The third-order valence-corrected chi connectivity index (χ3v) is 4.54. The number of hydrogen-bond donors (Lipinski definition) is 3. The Bertz CT molecular complexity index is 348. The second kappa shape index (κ2) is 6.32. The standard InChI is InChI=1S/C10H19NO5S/c12-6-9(10(13)14)11-17(15,16)7-8-4-2-1-3-5-8/h8-9,11-12H,1-7H2,(H,13,14)/t9-/m0/s1.